The highest BCUT2D eigenvalue weighted by Gasteiger charge is 2.22. The first-order valence-corrected chi connectivity index (χ1v) is 9.23. The second-order valence-corrected chi connectivity index (χ2v) is 7.42. The average molecular weight is 371 g/mol. The van der Waals surface area contributed by atoms with Crippen molar-refractivity contribution in [1.29, 1.82) is 0 Å². The first-order valence-electron chi connectivity index (χ1n) is 7.74. The lowest BCUT2D eigenvalue weighted by Gasteiger charge is -2.11. The van der Waals surface area contributed by atoms with Gasteiger partial charge >= 0.3 is 0 Å². The van der Waals surface area contributed by atoms with Gasteiger partial charge in [0, 0.05) is 16.7 Å². The lowest BCUT2D eigenvalue weighted by molar-refractivity contribution is 0.100. The van der Waals surface area contributed by atoms with Crippen LogP contribution in [0.3, 0.4) is 0 Å². The summed E-state index contributed by atoms with van der Waals surface area (Å²) in [5, 5.41) is 3.76. The minimum atomic E-state index is -3.90. The smallest absolute Gasteiger partial charge is 0.264 e. The van der Waals surface area contributed by atoms with Gasteiger partial charge in [-0.05, 0) is 37.6 Å². The molecular weight excluding hydrogens is 354 g/mol. The van der Waals surface area contributed by atoms with Crippen molar-refractivity contribution in [2.75, 3.05) is 4.72 Å². The van der Waals surface area contributed by atoms with E-state index in [2.05, 4.69) is 9.88 Å². The predicted octanol–water partition coefficient (Wildman–Crippen LogP) is 2.86. The molecule has 134 valence electrons. The first-order chi connectivity index (χ1) is 12.3. The number of amides is 1. The van der Waals surface area contributed by atoms with E-state index >= 15 is 0 Å². The lowest BCUT2D eigenvalue weighted by atomic mass is 10.0. The van der Waals surface area contributed by atoms with Gasteiger partial charge < -0.3 is 10.3 Å². The van der Waals surface area contributed by atoms with Crippen molar-refractivity contribution in [2.45, 2.75) is 18.7 Å². The second-order valence-electron chi connectivity index (χ2n) is 5.77. The molecule has 0 bridgehead atoms. The highest BCUT2D eigenvalue weighted by atomic mass is 32.2. The normalized spacial score (nSPS) is 11.3. The summed E-state index contributed by atoms with van der Waals surface area (Å²) in [7, 11) is -3.90. The molecule has 3 rings (SSSR count). The van der Waals surface area contributed by atoms with E-state index in [-0.39, 0.29) is 10.8 Å². The number of sulfonamides is 1. The van der Waals surface area contributed by atoms with E-state index in [0.29, 0.717) is 27.9 Å². The van der Waals surface area contributed by atoms with Crippen molar-refractivity contribution < 1.29 is 17.7 Å². The van der Waals surface area contributed by atoms with E-state index in [9.17, 15) is 13.2 Å². The van der Waals surface area contributed by atoms with Gasteiger partial charge in [-0.3, -0.25) is 4.79 Å². The Morgan fingerprint density at radius 3 is 2.31 bits per heavy atom. The minimum absolute atomic E-state index is 0.0836. The maximum Gasteiger partial charge on any atom is 0.264 e. The number of benzene rings is 2. The summed E-state index contributed by atoms with van der Waals surface area (Å²) in [4.78, 5) is 11.3. The van der Waals surface area contributed by atoms with E-state index in [0.717, 1.165) is 0 Å². The van der Waals surface area contributed by atoms with E-state index in [1.165, 1.54) is 6.07 Å². The van der Waals surface area contributed by atoms with Crippen LogP contribution in [-0.2, 0) is 10.0 Å². The molecule has 1 amide bonds. The van der Waals surface area contributed by atoms with Crippen LogP contribution in [0.5, 0.6) is 0 Å². The summed E-state index contributed by atoms with van der Waals surface area (Å²) in [6.07, 6.45) is 0. The molecule has 0 spiro atoms. The summed E-state index contributed by atoms with van der Waals surface area (Å²) in [5.74, 6) is -0.461. The molecule has 0 fully saturated rings. The van der Waals surface area contributed by atoms with Gasteiger partial charge in [0.05, 0.1) is 10.6 Å². The highest BCUT2D eigenvalue weighted by molar-refractivity contribution is 7.92. The molecule has 2 aromatic carbocycles. The number of hydrogen-bond acceptors (Lipinski definition) is 5. The molecule has 0 aliphatic carbocycles. The molecule has 1 aromatic heterocycles. The number of aromatic nitrogens is 1. The minimum Gasteiger partial charge on any atom is -0.366 e. The van der Waals surface area contributed by atoms with E-state index in [4.69, 9.17) is 10.3 Å². The molecule has 0 radical (unpaired) electrons. The summed E-state index contributed by atoms with van der Waals surface area (Å²) in [6, 6.07) is 13.0. The van der Waals surface area contributed by atoms with Gasteiger partial charge in [0.15, 0.2) is 0 Å². The third-order valence-corrected chi connectivity index (χ3v) is 5.43. The van der Waals surface area contributed by atoms with Crippen molar-refractivity contribution in [2.24, 2.45) is 5.73 Å². The number of anilines is 1. The monoisotopic (exact) mass is 371 g/mol. The maximum atomic E-state index is 12.9. The van der Waals surface area contributed by atoms with Crippen molar-refractivity contribution in [1.82, 2.24) is 5.16 Å². The topological polar surface area (TPSA) is 115 Å². The van der Waals surface area contributed by atoms with Crippen LogP contribution in [0.15, 0.2) is 57.9 Å². The van der Waals surface area contributed by atoms with Gasteiger partial charge in [-0.2, -0.15) is 0 Å². The Labute approximate surface area is 150 Å². The van der Waals surface area contributed by atoms with Crippen LogP contribution >= 0.6 is 0 Å². The van der Waals surface area contributed by atoms with Crippen molar-refractivity contribution in [3.8, 4) is 11.1 Å². The lowest BCUT2D eigenvalue weighted by Crippen LogP contribution is -2.14. The van der Waals surface area contributed by atoms with Gasteiger partial charge in [-0.15, -0.1) is 0 Å². The van der Waals surface area contributed by atoms with Gasteiger partial charge in [0.25, 0.3) is 10.0 Å². The average Bonchev–Trinajstić information content (AvgIpc) is 2.93. The molecule has 0 aliphatic heterocycles. The van der Waals surface area contributed by atoms with Crippen molar-refractivity contribution in [3.63, 3.8) is 0 Å². The van der Waals surface area contributed by atoms with Crippen LogP contribution < -0.4 is 10.5 Å². The first kappa shape index (κ1) is 17.7. The molecular formula is C18H17N3O4S. The Balaban J connectivity index is 2.03. The maximum absolute atomic E-state index is 12.9. The highest BCUT2D eigenvalue weighted by Crippen LogP contribution is 2.30. The van der Waals surface area contributed by atoms with Gasteiger partial charge in [-0.25, -0.2) is 13.1 Å². The molecule has 0 saturated carbocycles. The van der Waals surface area contributed by atoms with Crippen molar-refractivity contribution >= 4 is 21.8 Å². The van der Waals surface area contributed by atoms with E-state index in [1.54, 1.807) is 56.3 Å². The fourth-order valence-electron chi connectivity index (χ4n) is 2.44. The van der Waals surface area contributed by atoms with Crippen LogP contribution in [0.4, 0.5) is 5.88 Å². The third kappa shape index (κ3) is 3.31. The molecule has 0 aliphatic rings. The molecule has 3 aromatic rings. The SMILES string of the molecule is Cc1noc(NS(=O)(=O)c2ccccc2-c2ccc(C(N)=O)cc2)c1C. The van der Waals surface area contributed by atoms with E-state index in [1.807, 2.05) is 0 Å². The summed E-state index contributed by atoms with van der Waals surface area (Å²) in [5.41, 5.74) is 7.95. The zero-order valence-corrected chi connectivity index (χ0v) is 15.0. The third-order valence-electron chi connectivity index (χ3n) is 4.04. The summed E-state index contributed by atoms with van der Waals surface area (Å²) in [6.45, 7) is 3.45. The largest absolute Gasteiger partial charge is 0.366 e. The fourth-order valence-corrected chi connectivity index (χ4v) is 3.72. The molecule has 7 nitrogen and oxygen atoms in total. The van der Waals surface area contributed by atoms with Gasteiger partial charge in [0.2, 0.25) is 11.8 Å². The molecule has 8 heteroatoms. The molecule has 0 saturated heterocycles. The Kier molecular flexibility index (Phi) is 4.52. The zero-order chi connectivity index (χ0) is 18.9. The Morgan fingerprint density at radius 1 is 1.08 bits per heavy atom. The molecule has 0 unspecified atom stereocenters. The number of rotatable bonds is 5. The Morgan fingerprint density at radius 2 is 1.73 bits per heavy atom. The number of nitrogens with two attached hydrogens (primary N) is 1. The quantitative estimate of drug-likeness (QED) is 0.715. The Hall–Kier alpha value is -3.13. The second kappa shape index (κ2) is 6.64. The van der Waals surface area contributed by atoms with Crippen LogP contribution in [-0.4, -0.2) is 19.5 Å². The van der Waals surface area contributed by atoms with Crippen LogP contribution in [0, 0.1) is 13.8 Å². The number of aryl methyl sites for hydroxylation is 1. The number of nitrogens with zero attached hydrogens (tertiary/aromatic N) is 1. The Bertz CT molecular complexity index is 1070. The van der Waals surface area contributed by atoms with Gasteiger partial charge in [0.1, 0.15) is 0 Å². The number of primary amides is 1. The number of hydrogen-bond donors (Lipinski definition) is 2. The van der Waals surface area contributed by atoms with E-state index < -0.39 is 15.9 Å². The zero-order valence-electron chi connectivity index (χ0n) is 14.2. The van der Waals surface area contributed by atoms with Crippen molar-refractivity contribution in [3.05, 3.63) is 65.4 Å². The molecule has 26 heavy (non-hydrogen) atoms. The standard InChI is InChI=1S/C18H17N3O4S/c1-11-12(2)20-25-18(11)21-26(23,24)16-6-4-3-5-15(16)13-7-9-14(10-8-13)17(19)22/h3-10,21H,1-2H3,(H2,19,22). The van der Waals surface area contributed by atoms with Crippen LogP contribution in [0.1, 0.15) is 21.6 Å². The number of carbonyl (C=O) groups excluding carboxylic acids is 1. The number of nitrogens with one attached hydrogen (secondary N) is 1. The number of carbonyl (C=O) groups is 1. The summed E-state index contributed by atoms with van der Waals surface area (Å²) >= 11 is 0. The van der Waals surface area contributed by atoms with Gasteiger partial charge in [-0.1, -0.05) is 35.5 Å². The fraction of sp³-hybridized carbons (Fsp3) is 0.111. The molecule has 3 N–H and O–H groups in total. The van der Waals surface area contributed by atoms with Crippen LogP contribution in [0.2, 0.25) is 0 Å². The van der Waals surface area contributed by atoms with Crippen LogP contribution in [0.25, 0.3) is 11.1 Å². The molecule has 0 atom stereocenters. The predicted molar refractivity (Wildman–Crippen MR) is 97.2 cm³/mol. The molecule has 1 heterocycles. The summed E-state index contributed by atoms with van der Waals surface area (Å²) < 4.78 is 33.2.